The van der Waals surface area contributed by atoms with Crippen molar-refractivity contribution in [1.82, 2.24) is 14.9 Å². The van der Waals surface area contributed by atoms with Crippen molar-refractivity contribution in [2.75, 3.05) is 31.1 Å². The number of benzene rings is 1. The Kier molecular flexibility index (Phi) is 5.42. The predicted molar refractivity (Wildman–Crippen MR) is 105 cm³/mol. The maximum Gasteiger partial charge on any atom is 0.433 e. The standard InChI is InChI=1S/C20H16F4N4OS/c21-14-4-1-3-13(11-14)18(29)27-6-8-28(9-7-27)19-25-15(16-5-2-10-30-16)12-17(26-19)20(22,23)24/h1-5,10-12H,6-9H2. The summed E-state index contributed by atoms with van der Waals surface area (Å²) in [6, 6.07) is 9.79. The van der Waals surface area contributed by atoms with Crippen LogP contribution in [-0.4, -0.2) is 47.0 Å². The Balaban J connectivity index is 1.54. The van der Waals surface area contributed by atoms with Gasteiger partial charge in [0.1, 0.15) is 5.82 Å². The van der Waals surface area contributed by atoms with Gasteiger partial charge in [-0.2, -0.15) is 13.2 Å². The fraction of sp³-hybridized carbons (Fsp3) is 0.250. The van der Waals surface area contributed by atoms with Gasteiger partial charge in [0.2, 0.25) is 5.95 Å². The zero-order chi connectivity index (χ0) is 21.3. The monoisotopic (exact) mass is 436 g/mol. The number of halogens is 4. The van der Waals surface area contributed by atoms with Gasteiger partial charge in [0.15, 0.2) is 5.69 Å². The molecule has 1 fully saturated rings. The van der Waals surface area contributed by atoms with Crippen molar-refractivity contribution in [3.8, 4) is 10.6 Å². The molecule has 1 saturated heterocycles. The van der Waals surface area contributed by atoms with E-state index < -0.39 is 17.7 Å². The molecule has 1 aliphatic rings. The van der Waals surface area contributed by atoms with E-state index in [4.69, 9.17) is 0 Å². The molecule has 5 nitrogen and oxygen atoms in total. The summed E-state index contributed by atoms with van der Waals surface area (Å²) in [4.78, 5) is 24.4. The van der Waals surface area contributed by atoms with Crippen LogP contribution in [0.15, 0.2) is 47.8 Å². The minimum atomic E-state index is -4.60. The topological polar surface area (TPSA) is 49.3 Å². The van der Waals surface area contributed by atoms with E-state index >= 15 is 0 Å². The summed E-state index contributed by atoms with van der Waals surface area (Å²) in [6.07, 6.45) is -4.60. The molecule has 4 rings (SSSR count). The number of anilines is 1. The van der Waals surface area contributed by atoms with Crippen LogP contribution in [-0.2, 0) is 6.18 Å². The first kappa shape index (κ1) is 20.3. The highest BCUT2D eigenvalue weighted by molar-refractivity contribution is 7.13. The predicted octanol–water partition coefficient (Wildman–Crippen LogP) is 4.33. The Labute approximate surface area is 173 Å². The zero-order valence-electron chi connectivity index (χ0n) is 15.6. The minimum absolute atomic E-state index is 0.0221. The molecule has 3 heterocycles. The summed E-state index contributed by atoms with van der Waals surface area (Å²) in [7, 11) is 0. The number of rotatable bonds is 3. The largest absolute Gasteiger partial charge is 0.433 e. The first-order chi connectivity index (χ1) is 14.3. The van der Waals surface area contributed by atoms with Crippen molar-refractivity contribution in [3.05, 3.63) is 64.9 Å². The molecule has 156 valence electrons. The molecule has 0 bridgehead atoms. The van der Waals surface area contributed by atoms with Crippen LogP contribution in [0.1, 0.15) is 16.1 Å². The quantitative estimate of drug-likeness (QED) is 0.574. The lowest BCUT2D eigenvalue weighted by molar-refractivity contribution is -0.141. The molecule has 10 heteroatoms. The Morgan fingerprint density at radius 3 is 2.40 bits per heavy atom. The number of hydrogen-bond donors (Lipinski definition) is 0. The average molecular weight is 436 g/mol. The fourth-order valence-electron chi connectivity index (χ4n) is 3.19. The molecule has 1 aliphatic heterocycles. The van der Waals surface area contributed by atoms with Gasteiger partial charge in [0, 0.05) is 31.7 Å². The highest BCUT2D eigenvalue weighted by atomic mass is 32.1. The molecule has 1 amide bonds. The summed E-state index contributed by atoms with van der Waals surface area (Å²) in [6.45, 7) is 1.07. The molecular formula is C20H16F4N4OS. The lowest BCUT2D eigenvalue weighted by Crippen LogP contribution is -2.49. The van der Waals surface area contributed by atoms with Crippen LogP contribution in [0.5, 0.6) is 0 Å². The van der Waals surface area contributed by atoms with Crippen LogP contribution in [0, 0.1) is 5.82 Å². The second-order valence-electron chi connectivity index (χ2n) is 6.70. The van der Waals surface area contributed by atoms with E-state index in [1.54, 1.807) is 27.3 Å². The second-order valence-corrected chi connectivity index (χ2v) is 7.65. The smallest absolute Gasteiger partial charge is 0.337 e. The Hall–Kier alpha value is -3.01. The molecule has 30 heavy (non-hydrogen) atoms. The molecule has 0 aliphatic carbocycles. The summed E-state index contributed by atoms with van der Waals surface area (Å²) in [5.74, 6) is -0.845. The maximum atomic E-state index is 13.4. The number of alkyl halides is 3. The number of thiophene rings is 1. The number of amides is 1. The summed E-state index contributed by atoms with van der Waals surface area (Å²) in [5, 5.41) is 1.77. The van der Waals surface area contributed by atoms with Crippen LogP contribution < -0.4 is 4.90 Å². The van der Waals surface area contributed by atoms with Gasteiger partial charge in [0.05, 0.1) is 10.6 Å². The van der Waals surface area contributed by atoms with Gasteiger partial charge in [-0.25, -0.2) is 14.4 Å². The van der Waals surface area contributed by atoms with Gasteiger partial charge >= 0.3 is 6.18 Å². The van der Waals surface area contributed by atoms with Crippen LogP contribution in [0.2, 0.25) is 0 Å². The molecule has 0 saturated carbocycles. The zero-order valence-corrected chi connectivity index (χ0v) is 16.4. The van der Waals surface area contributed by atoms with E-state index in [1.165, 1.54) is 29.5 Å². The van der Waals surface area contributed by atoms with E-state index in [0.717, 1.165) is 12.1 Å². The van der Waals surface area contributed by atoms with E-state index in [2.05, 4.69) is 9.97 Å². The van der Waals surface area contributed by atoms with Crippen LogP contribution in [0.4, 0.5) is 23.5 Å². The molecule has 0 spiro atoms. The second kappa shape index (κ2) is 8.02. The Morgan fingerprint density at radius 2 is 1.77 bits per heavy atom. The Bertz CT molecular complexity index is 1050. The first-order valence-electron chi connectivity index (χ1n) is 9.11. The highest BCUT2D eigenvalue weighted by Crippen LogP contribution is 2.33. The van der Waals surface area contributed by atoms with E-state index in [-0.39, 0.29) is 49.3 Å². The van der Waals surface area contributed by atoms with Gasteiger partial charge in [-0.3, -0.25) is 4.79 Å². The SMILES string of the molecule is O=C(c1cccc(F)c1)N1CCN(c2nc(-c3cccs3)cc(C(F)(F)F)n2)CC1. The van der Waals surface area contributed by atoms with Crippen molar-refractivity contribution < 1.29 is 22.4 Å². The van der Waals surface area contributed by atoms with Crippen molar-refractivity contribution >= 4 is 23.2 Å². The minimum Gasteiger partial charge on any atom is -0.337 e. The number of nitrogens with zero attached hydrogens (tertiary/aromatic N) is 4. The van der Waals surface area contributed by atoms with E-state index in [9.17, 15) is 22.4 Å². The molecule has 0 radical (unpaired) electrons. The van der Waals surface area contributed by atoms with Gasteiger partial charge < -0.3 is 9.80 Å². The lowest BCUT2D eigenvalue weighted by Gasteiger charge is -2.35. The lowest BCUT2D eigenvalue weighted by atomic mass is 10.2. The summed E-state index contributed by atoms with van der Waals surface area (Å²) in [5.41, 5.74) is -0.562. The van der Waals surface area contributed by atoms with Gasteiger partial charge in [-0.1, -0.05) is 12.1 Å². The van der Waals surface area contributed by atoms with Crippen molar-refractivity contribution in [3.63, 3.8) is 0 Å². The van der Waals surface area contributed by atoms with Gasteiger partial charge in [-0.05, 0) is 35.7 Å². The van der Waals surface area contributed by atoms with E-state index in [1.807, 2.05) is 0 Å². The van der Waals surface area contributed by atoms with Crippen molar-refractivity contribution in [2.24, 2.45) is 0 Å². The molecule has 0 unspecified atom stereocenters. The molecule has 3 aromatic rings. The maximum absolute atomic E-state index is 13.4. The van der Waals surface area contributed by atoms with E-state index in [0.29, 0.717) is 4.88 Å². The van der Waals surface area contributed by atoms with Crippen molar-refractivity contribution in [2.45, 2.75) is 6.18 Å². The van der Waals surface area contributed by atoms with Crippen LogP contribution in [0.3, 0.4) is 0 Å². The molecule has 2 aromatic heterocycles. The highest BCUT2D eigenvalue weighted by Gasteiger charge is 2.35. The van der Waals surface area contributed by atoms with Crippen molar-refractivity contribution in [1.29, 1.82) is 0 Å². The van der Waals surface area contributed by atoms with Gasteiger partial charge in [0.25, 0.3) is 5.91 Å². The average Bonchev–Trinajstić information content (AvgIpc) is 3.27. The molecular weight excluding hydrogens is 420 g/mol. The molecule has 0 atom stereocenters. The first-order valence-corrected chi connectivity index (χ1v) is 9.99. The summed E-state index contributed by atoms with van der Waals surface area (Å²) >= 11 is 1.29. The number of aromatic nitrogens is 2. The number of carbonyl (C=O) groups excluding carboxylic acids is 1. The van der Waals surface area contributed by atoms with Crippen LogP contribution in [0.25, 0.3) is 10.6 Å². The summed E-state index contributed by atoms with van der Waals surface area (Å²) < 4.78 is 53.4. The molecule has 1 aromatic carbocycles. The number of piperazine rings is 1. The third-order valence-electron chi connectivity index (χ3n) is 4.70. The third kappa shape index (κ3) is 4.28. The molecule has 0 N–H and O–H groups in total. The number of hydrogen-bond acceptors (Lipinski definition) is 5. The fourth-order valence-corrected chi connectivity index (χ4v) is 3.87. The normalized spacial score (nSPS) is 14.8. The Morgan fingerprint density at radius 1 is 1.00 bits per heavy atom. The van der Waals surface area contributed by atoms with Gasteiger partial charge in [-0.15, -0.1) is 11.3 Å². The number of carbonyl (C=O) groups is 1. The third-order valence-corrected chi connectivity index (χ3v) is 5.59. The van der Waals surface area contributed by atoms with Crippen LogP contribution >= 0.6 is 11.3 Å².